The highest BCUT2D eigenvalue weighted by molar-refractivity contribution is 6.39. The standard InChI is InChI=1S/C8H12O6/c9-1-5(10)4-2-14-3-6(11)8(13)7(4)12/h4-5,7,9-10,12H,1-3H2. The van der Waals surface area contributed by atoms with Gasteiger partial charge in [0.2, 0.25) is 11.6 Å². The molecular weight excluding hydrogens is 192 g/mol. The Labute approximate surface area is 80.1 Å². The summed E-state index contributed by atoms with van der Waals surface area (Å²) >= 11 is 0. The van der Waals surface area contributed by atoms with Crippen molar-refractivity contribution in [3.05, 3.63) is 0 Å². The van der Waals surface area contributed by atoms with E-state index in [9.17, 15) is 19.8 Å². The Morgan fingerprint density at radius 2 is 2.14 bits per heavy atom. The summed E-state index contributed by atoms with van der Waals surface area (Å²) in [5.74, 6) is -2.73. The van der Waals surface area contributed by atoms with Crippen molar-refractivity contribution in [3.63, 3.8) is 0 Å². The third-order valence-electron chi connectivity index (χ3n) is 2.17. The van der Waals surface area contributed by atoms with Gasteiger partial charge in [-0.05, 0) is 0 Å². The van der Waals surface area contributed by atoms with Crippen molar-refractivity contribution in [2.45, 2.75) is 12.2 Å². The highest BCUT2D eigenvalue weighted by atomic mass is 16.5. The van der Waals surface area contributed by atoms with E-state index < -0.39 is 36.3 Å². The second-order valence-electron chi connectivity index (χ2n) is 3.16. The predicted molar refractivity (Wildman–Crippen MR) is 43.4 cm³/mol. The van der Waals surface area contributed by atoms with E-state index in [1.165, 1.54) is 0 Å². The number of ketones is 2. The third kappa shape index (κ3) is 2.16. The van der Waals surface area contributed by atoms with E-state index in [0.29, 0.717) is 0 Å². The maximum atomic E-state index is 11.1. The Morgan fingerprint density at radius 1 is 1.50 bits per heavy atom. The van der Waals surface area contributed by atoms with Crippen LogP contribution in [0.25, 0.3) is 0 Å². The number of ether oxygens (including phenoxy) is 1. The van der Waals surface area contributed by atoms with Crippen molar-refractivity contribution in [3.8, 4) is 0 Å². The minimum atomic E-state index is -1.59. The molecule has 1 saturated heterocycles. The molecule has 80 valence electrons. The Balaban J connectivity index is 2.77. The van der Waals surface area contributed by atoms with E-state index >= 15 is 0 Å². The predicted octanol–water partition coefficient (Wildman–Crippen LogP) is -2.51. The fraction of sp³-hybridized carbons (Fsp3) is 0.750. The van der Waals surface area contributed by atoms with Crippen molar-refractivity contribution in [1.29, 1.82) is 0 Å². The van der Waals surface area contributed by atoms with Crippen LogP contribution in [-0.4, -0.2) is 58.9 Å². The molecule has 0 bridgehead atoms. The average molecular weight is 204 g/mol. The molecule has 6 heteroatoms. The highest BCUT2D eigenvalue weighted by Crippen LogP contribution is 2.14. The summed E-state index contributed by atoms with van der Waals surface area (Å²) in [4.78, 5) is 22.0. The van der Waals surface area contributed by atoms with Crippen LogP contribution in [0.4, 0.5) is 0 Å². The Morgan fingerprint density at radius 3 is 2.71 bits per heavy atom. The Kier molecular flexibility index (Phi) is 3.70. The molecule has 0 aromatic carbocycles. The smallest absolute Gasteiger partial charge is 0.229 e. The first-order valence-electron chi connectivity index (χ1n) is 4.19. The molecule has 1 rings (SSSR count). The van der Waals surface area contributed by atoms with E-state index in [1.54, 1.807) is 0 Å². The molecule has 0 amide bonds. The van der Waals surface area contributed by atoms with E-state index in [-0.39, 0.29) is 13.2 Å². The molecule has 1 heterocycles. The first-order valence-corrected chi connectivity index (χ1v) is 4.19. The Hall–Kier alpha value is -0.820. The lowest BCUT2D eigenvalue weighted by Crippen LogP contribution is -2.41. The molecule has 3 N–H and O–H groups in total. The van der Waals surface area contributed by atoms with Crippen LogP contribution in [0.15, 0.2) is 0 Å². The highest BCUT2D eigenvalue weighted by Gasteiger charge is 2.37. The van der Waals surface area contributed by atoms with Gasteiger partial charge in [-0.25, -0.2) is 0 Å². The molecule has 6 nitrogen and oxygen atoms in total. The van der Waals surface area contributed by atoms with Crippen LogP contribution in [0, 0.1) is 5.92 Å². The maximum Gasteiger partial charge on any atom is 0.229 e. The summed E-state index contributed by atoms with van der Waals surface area (Å²) in [6, 6.07) is 0. The van der Waals surface area contributed by atoms with Crippen LogP contribution in [0.1, 0.15) is 0 Å². The summed E-state index contributed by atoms with van der Waals surface area (Å²) in [6.07, 6.45) is -2.85. The van der Waals surface area contributed by atoms with Gasteiger partial charge < -0.3 is 20.1 Å². The zero-order valence-electron chi connectivity index (χ0n) is 7.42. The van der Waals surface area contributed by atoms with Gasteiger partial charge >= 0.3 is 0 Å². The summed E-state index contributed by atoms with van der Waals surface area (Å²) in [7, 11) is 0. The summed E-state index contributed by atoms with van der Waals surface area (Å²) in [5.41, 5.74) is 0. The molecule has 1 aliphatic heterocycles. The molecule has 0 radical (unpaired) electrons. The van der Waals surface area contributed by atoms with Crippen LogP contribution < -0.4 is 0 Å². The lowest BCUT2D eigenvalue weighted by Gasteiger charge is -2.21. The van der Waals surface area contributed by atoms with Gasteiger partial charge in [-0.2, -0.15) is 0 Å². The number of hydrogen-bond donors (Lipinski definition) is 3. The first kappa shape index (κ1) is 11.3. The molecule has 0 aliphatic carbocycles. The van der Waals surface area contributed by atoms with E-state index in [0.717, 1.165) is 0 Å². The number of carbonyl (C=O) groups is 2. The van der Waals surface area contributed by atoms with Crippen molar-refractivity contribution < 1.29 is 29.6 Å². The largest absolute Gasteiger partial charge is 0.394 e. The summed E-state index contributed by atoms with van der Waals surface area (Å²) in [5, 5.41) is 27.2. The summed E-state index contributed by atoms with van der Waals surface area (Å²) in [6.45, 7) is -1.10. The molecule has 3 atom stereocenters. The lowest BCUT2D eigenvalue weighted by atomic mass is 9.93. The molecule has 0 aromatic rings. The van der Waals surface area contributed by atoms with E-state index in [2.05, 4.69) is 0 Å². The van der Waals surface area contributed by atoms with Crippen LogP contribution in [0.2, 0.25) is 0 Å². The maximum absolute atomic E-state index is 11.1. The van der Waals surface area contributed by atoms with Crippen molar-refractivity contribution in [2.24, 2.45) is 5.92 Å². The number of aliphatic hydroxyl groups excluding tert-OH is 3. The van der Waals surface area contributed by atoms with Crippen molar-refractivity contribution in [2.75, 3.05) is 19.8 Å². The second-order valence-corrected chi connectivity index (χ2v) is 3.16. The first-order chi connectivity index (χ1) is 6.57. The van der Waals surface area contributed by atoms with Gasteiger partial charge in [-0.3, -0.25) is 9.59 Å². The average Bonchev–Trinajstić information content (AvgIpc) is 2.31. The second kappa shape index (κ2) is 4.61. The minimum Gasteiger partial charge on any atom is -0.394 e. The van der Waals surface area contributed by atoms with Crippen molar-refractivity contribution >= 4 is 11.6 Å². The zero-order valence-corrected chi connectivity index (χ0v) is 7.42. The topological polar surface area (TPSA) is 104 Å². The SMILES string of the molecule is O=C1COCC(C(O)CO)C(O)C1=O. The van der Waals surface area contributed by atoms with Crippen molar-refractivity contribution in [1.82, 2.24) is 0 Å². The fourth-order valence-electron chi connectivity index (χ4n) is 1.27. The zero-order chi connectivity index (χ0) is 10.7. The molecule has 0 saturated carbocycles. The lowest BCUT2D eigenvalue weighted by molar-refractivity contribution is -0.143. The number of hydrogen-bond acceptors (Lipinski definition) is 6. The van der Waals surface area contributed by atoms with Gasteiger partial charge in [0.25, 0.3) is 0 Å². The number of Topliss-reactive ketones (excluding diaryl/α,β-unsaturated/α-hetero) is 2. The summed E-state index contributed by atoms with van der Waals surface area (Å²) < 4.78 is 4.78. The van der Waals surface area contributed by atoms with Gasteiger partial charge in [0.05, 0.1) is 19.3 Å². The Bertz CT molecular complexity index is 238. The molecule has 3 unspecified atom stereocenters. The van der Waals surface area contributed by atoms with Crippen LogP contribution in [0.3, 0.4) is 0 Å². The molecule has 0 aromatic heterocycles. The number of aliphatic hydroxyl groups is 3. The van der Waals surface area contributed by atoms with Gasteiger partial charge in [-0.1, -0.05) is 0 Å². The minimum absolute atomic E-state index is 0.125. The van der Waals surface area contributed by atoms with E-state index in [1.807, 2.05) is 0 Å². The van der Waals surface area contributed by atoms with Gasteiger partial charge in [0.1, 0.15) is 12.7 Å². The molecule has 1 fully saturated rings. The monoisotopic (exact) mass is 204 g/mol. The quantitative estimate of drug-likeness (QED) is 0.429. The molecule has 14 heavy (non-hydrogen) atoms. The third-order valence-corrected chi connectivity index (χ3v) is 2.17. The van der Waals surface area contributed by atoms with Crippen LogP contribution in [0.5, 0.6) is 0 Å². The van der Waals surface area contributed by atoms with Gasteiger partial charge in [0.15, 0.2) is 0 Å². The van der Waals surface area contributed by atoms with Crippen LogP contribution in [-0.2, 0) is 14.3 Å². The molecule has 0 spiro atoms. The normalized spacial score (nSPS) is 31.4. The van der Waals surface area contributed by atoms with E-state index in [4.69, 9.17) is 9.84 Å². The molecular formula is C8H12O6. The van der Waals surface area contributed by atoms with Gasteiger partial charge in [0, 0.05) is 5.92 Å². The number of rotatable bonds is 2. The fourth-order valence-corrected chi connectivity index (χ4v) is 1.27. The molecule has 1 aliphatic rings. The number of carbonyl (C=O) groups excluding carboxylic acids is 2. The van der Waals surface area contributed by atoms with Gasteiger partial charge in [-0.15, -0.1) is 0 Å². The van der Waals surface area contributed by atoms with Crippen LogP contribution >= 0.6 is 0 Å².